The Hall–Kier alpha value is -0.970. The molecular formula is C15H23NO. The molecule has 2 rings (SSSR count). The molecule has 17 heavy (non-hydrogen) atoms. The van der Waals surface area contributed by atoms with Gasteiger partial charge in [0, 0.05) is 18.0 Å². The fourth-order valence-electron chi connectivity index (χ4n) is 3.23. The van der Waals surface area contributed by atoms with Crippen molar-refractivity contribution in [1.82, 2.24) is 4.90 Å². The van der Waals surface area contributed by atoms with Gasteiger partial charge in [-0.15, -0.1) is 0 Å². The van der Waals surface area contributed by atoms with E-state index >= 15 is 0 Å². The Morgan fingerprint density at radius 2 is 1.47 bits per heavy atom. The monoisotopic (exact) mass is 233 g/mol. The molecule has 2 aliphatic rings. The van der Waals surface area contributed by atoms with E-state index in [2.05, 4.69) is 6.04 Å². The SMILES string of the molecule is C#CN(C(=O)C1CCCCC1)C1CCCCC1. The number of amides is 1. The minimum absolute atomic E-state index is 0.210. The van der Waals surface area contributed by atoms with Crippen molar-refractivity contribution in [2.75, 3.05) is 0 Å². The molecule has 2 fully saturated rings. The van der Waals surface area contributed by atoms with E-state index in [1.807, 2.05) is 0 Å². The number of nitrogens with zero attached hydrogens (tertiary/aromatic N) is 1. The zero-order chi connectivity index (χ0) is 12.1. The van der Waals surface area contributed by atoms with E-state index in [0.717, 1.165) is 25.7 Å². The molecule has 2 nitrogen and oxygen atoms in total. The van der Waals surface area contributed by atoms with Crippen molar-refractivity contribution in [3.63, 3.8) is 0 Å². The molecule has 0 unspecified atom stereocenters. The van der Waals surface area contributed by atoms with Crippen LogP contribution < -0.4 is 0 Å². The molecule has 0 saturated heterocycles. The molecule has 0 N–H and O–H groups in total. The first-order valence-corrected chi connectivity index (χ1v) is 7.12. The topological polar surface area (TPSA) is 20.3 Å². The highest BCUT2D eigenvalue weighted by atomic mass is 16.2. The Balaban J connectivity index is 1.96. The largest absolute Gasteiger partial charge is 0.274 e. The van der Waals surface area contributed by atoms with Crippen LogP contribution in [0.25, 0.3) is 0 Å². The van der Waals surface area contributed by atoms with Gasteiger partial charge >= 0.3 is 0 Å². The minimum atomic E-state index is 0.210. The molecule has 1 amide bonds. The Labute approximate surface area is 105 Å². The van der Waals surface area contributed by atoms with Gasteiger partial charge in [-0.1, -0.05) is 44.9 Å². The second kappa shape index (κ2) is 6.10. The van der Waals surface area contributed by atoms with Crippen LogP contribution in [0.2, 0.25) is 0 Å². The van der Waals surface area contributed by atoms with Crippen LogP contribution in [0.3, 0.4) is 0 Å². The summed E-state index contributed by atoms with van der Waals surface area (Å²) in [4.78, 5) is 14.1. The summed E-state index contributed by atoms with van der Waals surface area (Å²) in [6, 6.07) is 2.98. The Bertz CT molecular complexity index is 293. The van der Waals surface area contributed by atoms with Crippen molar-refractivity contribution in [1.29, 1.82) is 0 Å². The number of carbonyl (C=O) groups is 1. The van der Waals surface area contributed by atoms with Gasteiger partial charge in [0.25, 0.3) is 0 Å². The summed E-state index contributed by atoms with van der Waals surface area (Å²) in [5, 5.41) is 0. The molecule has 2 heteroatoms. The van der Waals surface area contributed by atoms with E-state index < -0.39 is 0 Å². The summed E-state index contributed by atoms with van der Waals surface area (Å²) in [7, 11) is 0. The molecular weight excluding hydrogens is 210 g/mol. The van der Waals surface area contributed by atoms with Crippen molar-refractivity contribution in [2.24, 2.45) is 5.92 Å². The zero-order valence-electron chi connectivity index (χ0n) is 10.7. The average Bonchev–Trinajstić information content (AvgIpc) is 2.42. The third-order valence-electron chi connectivity index (χ3n) is 4.27. The molecule has 2 aliphatic carbocycles. The van der Waals surface area contributed by atoms with Gasteiger partial charge in [-0.3, -0.25) is 9.69 Å². The van der Waals surface area contributed by atoms with Crippen molar-refractivity contribution < 1.29 is 4.79 Å². The molecule has 94 valence electrons. The van der Waals surface area contributed by atoms with Gasteiger partial charge in [0.1, 0.15) is 0 Å². The summed E-state index contributed by atoms with van der Waals surface area (Å²) in [6.45, 7) is 0. The van der Waals surface area contributed by atoms with Crippen molar-refractivity contribution in [3.05, 3.63) is 0 Å². The molecule has 0 bridgehead atoms. The predicted molar refractivity (Wildman–Crippen MR) is 69.1 cm³/mol. The highest BCUT2D eigenvalue weighted by molar-refractivity contribution is 5.81. The van der Waals surface area contributed by atoms with E-state index in [1.54, 1.807) is 4.90 Å². The van der Waals surface area contributed by atoms with Crippen LogP contribution >= 0.6 is 0 Å². The van der Waals surface area contributed by atoms with E-state index in [0.29, 0.717) is 6.04 Å². The number of hydrogen-bond donors (Lipinski definition) is 0. The van der Waals surface area contributed by atoms with Gasteiger partial charge in [0.15, 0.2) is 0 Å². The highest BCUT2D eigenvalue weighted by Gasteiger charge is 2.30. The van der Waals surface area contributed by atoms with Crippen molar-refractivity contribution >= 4 is 5.91 Å². The normalized spacial score (nSPS) is 23.0. The van der Waals surface area contributed by atoms with Crippen LogP contribution in [-0.2, 0) is 4.79 Å². The van der Waals surface area contributed by atoms with Gasteiger partial charge < -0.3 is 0 Å². The number of rotatable bonds is 2. The van der Waals surface area contributed by atoms with E-state index in [-0.39, 0.29) is 11.8 Å². The maximum atomic E-state index is 12.4. The molecule has 2 saturated carbocycles. The second-order valence-corrected chi connectivity index (χ2v) is 5.46. The summed E-state index contributed by atoms with van der Waals surface area (Å²) in [5.41, 5.74) is 0. The fraction of sp³-hybridized carbons (Fsp3) is 0.800. The Morgan fingerprint density at radius 1 is 0.941 bits per heavy atom. The molecule has 0 radical (unpaired) electrons. The van der Waals surface area contributed by atoms with E-state index in [1.165, 1.54) is 38.5 Å². The first-order valence-electron chi connectivity index (χ1n) is 7.12. The number of terminal acetylenes is 1. The third-order valence-corrected chi connectivity index (χ3v) is 4.27. The predicted octanol–water partition coefficient (Wildman–Crippen LogP) is 3.32. The standard InChI is InChI=1S/C15H23NO/c1-2-16(14-11-7-4-8-12-14)15(17)13-9-5-3-6-10-13/h1,13-14H,3-12H2. The van der Waals surface area contributed by atoms with Gasteiger partial charge in [0.05, 0.1) is 0 Å². The molecule has 0 aromatic rings. The summed E-state index contributed by atoms with van der Waals surface area (Å²) < 4.78 is 0. The van der Waals surface area contributed by atoms with Crippen LogP contribution in [0, 0.1) is 18.4 Å². The highest BCUT2D eigenvalue weighted by Crippen LogP contribution is 2.28. The maximum absolute atomic E-state index is 12.4. The first-order chi connectivity index (χ1) is 8.33. The van der Waals surface area contributed by atoms with Crippen LogP contribution in [0.15, 0.2) is 0 Å². The first kappa shape index (κ1) is 12.5. The van der Waals surface area contributed by atoms with Crippen molar-refractivity contribution in [3.8, 4) is 12.5 Å². The second-order valence-electron chi connectivity index (χ2n) is 5.46. The lowest BCUT2D eigenvalue weighted by Crippen LogP contribution is -2.41. The van der Waals surface area contributed by atoms with Crippen LogP contribution in [-0.4, -0.2) is 16.8 Å². The Morgan fingerprint density at radius 3 is 2.00 bits per heavy atom. The lowest BCUT2D eigenvalue weighted by molar-refractivity contribution is -0.135. The summed E-state index contributed by atoms with van der Waals surface area (Å²) >= 11 is 0. The minimum Gasteiger partial charge on any atom is -0.274 e. The van der Waals surface area contributed by atoms with Crippen LogP contribution in [0.1, 0.15) is 64.2 Å². The van der Waals surface area contributed by atoms with Crippen molar-refractivity contribution in [2.45, 2.75) is 70.3 Å². The van der Waals surface area contributed by atoms with E-state index in [9.17, 15) is 4.79 Å². The fourth-order valence-corrected chi connectivity index (χ4v) is 3.23. The average molecular weight is 233 g/mol. The lowest BCUT2D eigenvalue weighted by Gasteiger charge is -2.33. The molecule has 0 aliphatic heterocycles. The third kappa shape index (κ3) is 3.03. The molecule has 0 heterocycles. The molecule has 0 spiro atoms. The summed E-state index contributed by atoms with van der Waals surface area (Å²) in [5.74, 6) is 0.445. The lowest BCUT2D eigenvalue weighted by atomic mass is 9.87. The van der Waals surface area contributed by atoms with Gasteiger partial charge in [0.2, 0.25) is 5.91 Å². The van der Waals surface area contributed by atoms with E-state index in [4.69, 9.17) is 6.42 Å². The number of carbonyl (C=O) groups excluding carboxylic acids is 1. The Kier molecular flexibility index (Phi) is 4.48. The zero-order valence-corrected chi connectivity index (χ0v) is 10.7. The van der Waals surface area contributed by atoms with Gasteiger partial charge in [-0.2, -0.15) is 0 Å². The molecule has 0 aromatic carbocycles. The van der Waals surface area contributed by atoms with Gasteiger partial charge in [-0.25, -0.2) is 0 Å². The van der Waals surface area contributed by atoms with Crippen LogP contribution in [0.5, 0.6) is 0 Å². The molecule has 0 atom stereocenters. The number of hydrogen-bond acceptors (Lipinski definition) is 1. The maximum Gasteiger partial charge on any atom is 0.237 e. The summed E-state index contributed by atoms with van der Waals surface area (Å²) in [6.07, 6.45) is 17.3. The van der Waals surface area contributed by atoms with Gasteiger partial charge in [-0.05, 0) is 25.7 Å². The van der Waals surface area contributed by atoms with Crippen LogP contribution in [0.4, 0.5) is 0 Å². The smallest absolute Gasteiger partial charge is 0.237 e. The molecule has 0 aromatic heterocycles. The quantitative estimate of drug-likeness (QED) is 0.529.